The summed E-state index contributed by atoms with van der Waals surface area (Å²) >= 11 is 0. The average molecular weight is 359 g/mol. The first kappa shape index (κ1) is 18.1. The molecule has 8 heteroatoms. The number of aliphatic carboxylic acids is 1. The van der Waals surface area contributed by atoms with E-state index in [0.717, 1.165) is 0 Å². The molecule has 0 bridgehead atoms. The number of rotatable bonds is 4. The fourth-order valence-electron chi connectivity index (χ4n) is 3.46. The molecule has 2 saturated heterocycles. The summed E-state index contributed by atoms with van der Waals surface area (Å²) in [6.45, 7) is 3.76. The van der Waals surface area contributed by atoms with Gasteiger partial charge in [-0.05, 0) is 17.7 Å². The summed E-state index contributed by atoms with van der Waals surface area (Å²) < 4.78 is 0. The highest BCUT2D eigenvalue weighted by Crippen LogP contribution is 2.26. The van der Waals surface area contributed by atoms with Gasteiger partial charge in [-0.3, -0.25) is 24.1 Å². The predicted octanol–water partition coefficient (Wildman–Crippen LogP) is 0.110. The number of carboxylic acids is 1. The average Bonchev–Trinajstić information content (AvgIpc) is 2.90. The van der Waals surface area contributed by atoms with Crippen LogP contribution < -0.4 is 4.90 Å². The van der Waals surface area contributed by atoms with Crippen molar-refractivity contribution < 1.29 is 24.3 Å². The number of hydrogen-bond donors (Lipinski definition) is 1. The molecule has 0 aliphatic carbocycles. The monoisotopic (exact) mass is 359 g/mol. The van der Waals surface area contributed by atoms with E-state index in [-0.39, 0.29) is 30.6 Å². The minimum atomic E-state index is -0.934. The lowest BCUT2D eigenvalue weighted by atomic mass is 10.1. The third kappa shape index (κ3) is 3.60. The van der Waals surface area contributed by atoms with Crippen LogP contribution in [0.2, 0.25) is 0 Å². The first-order chi connectivity index (χ1) is 12.4. The first-order valence-corrected chi connectivity index (χ1v) is 8.54. The van der Waals surface area contributed by atoms with Crippen LogP contribution in [-0.2, 0) is 25.6 Å². The molecule has 0 radical (unpaired) electrons. The van der Waals surface area contributed by atoms with Gasteiger partial charge in [0.25, 0.3) is 5.91 Å². The van der Waals surface area contributed by atoms with Crippen molar-refractivity contribution in [2.24, 2.45) is 0 Å². The third-order valence-electron chi connectivity index (χ3n) is 4.87. The van der Waals surface area contributed by atoms with E-state index in [9.17, 15) is 19.2 Å². The highest BCUT2D eigenvalue weighted by atomic mass is 16.4. The van der Waals surface area contributed by atoms with Gasteiger partial charge in [0.1, 0.15) is 0 Å². The Labute approximate surface area is 151 Å². The number of imide groups is 1. The maximum absolute atomic E-state index is 12.8. The third-order valence-corrected chi connectivity index (χ3v) is 4.87. The zero-order valence-electron chi connectivity index (χ0n) is 14.6. The second-order valence-electron chi connectivity index (χ2n) is 6.57. The summed E-state index contributed by atoms with van der Waals surface area (Å²) in [5.41, 5.74) is 1.07. The zero-order valence-corrected chi connectivity index (χ0v) is 14.6. The summed E-state index contributed by atoms with van der Waals surface area (Å²) in [6.07, 6.45) is 0.0149. The Kier molecular flexibility index (Phi) is 5.03. The maximum atomic E-state index is 12.8. The van der Waals surface area contributed by atoms with Gasteiger partial charge in [0.15, 0.2) is 0 Å². The normalized spacial score (nSPS) is 21.3. The Balaban J connectivity index is 1.69. The van der Waals surface area contributed by atoms with Gasteiger partial charge < -0.3 is 10.0 Å². The Morgan fingerprint density at radius 3 is 2.23 bits per heavy atom. The lowest BCUT2D eigenvalue weighted by Gasteiger charge is -2.36. The SMILES string of the molecule is CC(=O)N1CCN(C2CC(=O)N(c3ccc(CC(=O)O)cc3)C2=O)CC1. The Morgan fingerprint density at radius 1 is 1.08 bits per heavy atom. The number of carboxylic acid groups (broad SMARTS) is 1. The molecule has 0 saturated carbocycles. The van der Waals surface area contributed by atoms with Gasteiger partial charge in [0.2, 0.25) is 11.8 Å². The molecule has 26 heavy (non-hydrogen) atoms. The fraction of sp³-hybridized carbons (Fsp3) is 0.444. The van der Waals surface area contributed by atoms with Crippen molar-refractivity contribution in [3.05, 3.63) is 29.8 Å². The van der Waals surface area contributed by atoms with E-state index in [0.29, 0.717) is 37.4 Å². The molecule has 2 heterocycles. The second kappa shape index (κ2) is 7.25. The molecule has 3 rings (SSSR count). The predicted molar refractivity (Wildman–Crippen MR) is 92.5 cm³/mol. The molecule has 0 spiro atoms. The van der Waals surface area contributed by atoms with Crippen LogP contribution >= 0.6 is 0 Å². The van der Waals surface area contributed by atoms with Crippen molar-refractivity contribution in [1.29, 1.82) is 0 Å². The van der Waals surface area contributed by atoms with Crippen molar-refractivity contribution in [2.45, 2.75) is 25.8 Å². The standard InChI is InChI=1S/C18H21N3O5/c1-12(22)19-6-8-20(9-7-19)15-11-16(23)21(18(15)26)14-4-2-13(3-5-14)10-17(24)25/h2-5,15H,6-11H2,1H3,(H,24,25). The number of hydrogen-bond acceptors (Lipinski definition) is 5. The van der Waals surface area contributed by atoms with E-state index in [1.807, 2.05) is 4.90 Å². The molecule has 3 amide bonds. The van der Waals surface area contributed by atoms with Crippen molar-refractivity contribution in [3.8, 4) is 0 Å². The summed E-state index contributed by atoms with van der Waals surface area (Å²) in [6, 6.07) is 5.93. The van der Waals surface area contributed by atoms with Gasteiger partial charge in [-0.25, -0.2) is 4.90 Å². The lowest BCUT2D eigenvalue weighted by molar-refractivity contribution is -0.136. The number of piperazine rings is 1. The lowest BCUT2D eigenvalue weighted by Crippen LogP contribution is -2.53. The molecule has 2 aliphatic heterocycles. The van der Waals surface area contributed by atoms with Crippen molar-refractivity contribution >= 4 is 29.4 Å². The second-order valence-corrected chi connectivity index (χ2v) is 6.57. The molecule has 1 aromatic rings. The first-order valence-electron chi connectivity index (χ1n) is 8.54. The van der Waals surface area contributed by atoms with Gasteiger partial charge in [-0.2, -0.15) is 0 Å². The molecule has 1 N–H and O–H groups in total. The number of carbonyl (C=O) groups is 4. The highest BCUT2D eigenvalue weighted by molar-refractivity contribution is 6.22. The molecule has 138 valence electrons. The summed E-state index contributed by atoms with van der Waals surface area (Å²) in [4.78, 5) is 52.2. The van der Waals surface area contributed by atoms with Gasteiger partial charge in [0, 0.05) is 33.1 Å². The molecular formula is C18H21N3O5. The Bertz CT molecular complexity index is 738. The largest absolute Gasteiger partial charge is 0.481 e. The van der Waals surface area contributed by atoms with Gasteiger partial charge in [-0.1, -0.05) is 12.1 Å². The Morgan fingerprint density at radius 2 is 1.69 bits per heavy atom. The van der Waals surface area contributed by atoms with Crippen LogP contribution in [0.3, 0.4) is 0 Å². The van der Waals surface area contributed by atoms with Gasteiger partial charge in [-0.15, -0.1) is 0 Å². The van der Waals surface area contributed by atoms with Crippen LogP contribution in [0, 0.1) is 0 Å². The van der Waals surface area contributed by atoms with Crippen LogP contribution in [0.15, 0.2) is 24.3 Å². The topological polar surface area (TPSA) is 98.2 Å². The number of carbonyl (C=O) groups excluding carboxylic acids is 3. The van der Waals surface area contributed by atoms with Crippen molar-refractivity contribution in [1.82, 2.24) is 9.80 Å². The molecule has 8 nitrogen and oxygen atoms in total. The number of anilines is 1. The quantitative estimate of drug-likeness (QED) is 0.766. The minimum Gasteiger partial charge on any atom is -0.481 e. The number of benzene rings is 1. The summed E-state index contributed by atoms with van der Waals surface area (Å²) in [5.74, 6) is -1.45. The molecule has 1 unspecified atom stereocenters. The number of nitrogens with zero attached hydrogens (tertiary/aromatic N) is 3. The minimum absolute atomic E-state index is 0.0153. The van der Waals surface area contributed by atoms with E-state index in [1.165, 1.54) is 11.8 Å². The van der Waals surface area contributed by atoms with E-state index in [2.05, 4.69) is 0 Å². The Hall–Kier alpha value is -2.74. The van der Waals surface area contributed by atoms with Crippen LogP contribution in [0.1, 0.15) is 18.9 Å². The summed E-state index contributed by atoms with van der Waals surface area (Å²) in [7, 11) is 0. The smallest absolute Gasteiger partial charge is 0.307 e. The molecule has 1 atom stereocenters. The van der Waals surface area contributed by atoms with Crippen molar-refractivity contribution in [2.75, 3.05) is 31.1 Å². The molecule has 1 aromatic carbocycles. The highest BCUT2D eigenvalue weighted by Gasteiger charge is 2.43. The van der Waals surface area contributed by atoms with E-state index in [1.54, 1.807) is 29.2 Å². The molecule has 2 aliphatic rings. The van der Waals surface area contributed by atoms with Crippen LogP contribution in [-0.4, -0.2) is 70.8 Å². The maximum Gasteiger partial charge on any atom is 0.307 e. The van der Waals surface area contributed by atoms with Crippen LogP contribution in [0.5, 0.6) is 0 Å². The molecular weight excluding hydrogens is 338 g/mol. The van der Waals surface area contributed by atoms with Gasteiger partial charge in [0.05, 0.1) is 24.6 Å². The molecule has 0 aromatic heterocycles. The molecule has 2 fully saturated rings. The van der Waals surface area contributed by atoms with Crippen molar-refractivity contribution in [3.63, 3.8) is 0 Å². The van der Waals surface area contributed by atoms with Crippen LogP contribution in [0.25, 0.3) is 0 Å². The van der Waals surface area contributed by atoms with Gasteiger partial charge >= 0.3 is 5.97 Å². The van der Waals surface area contributed by atoms with Crippen LogP contribution in [0.4, 0.5) is 5.69 Å². The zero-order chi connectivity index (χ0) is 18.8. The van der Waals surface area contributed by atoms with E-state index < -0.39 is 12.0 Å². The van der Waals surface area contributed by atoms with E-state index in [4.69, 9.17) is 5.11 Å². The number of amides is 3. The fourth-order valence-corrected chi connectivity index (χ4v) is 3.46. The van der Waals surface area contributed by atoms with E-state index >= 15 is 0 Å². The summed E-state index contributed by atoms with van der Waals surface area (Å²) in [5, 5.41) is 8.82.